The van der Waals surface area contributed by atoms with E-state index in [2.05, 4.69) is 14.7 Å². The van der Waals surface area contributed by atoms with E-state index < -0.39 is 11.6 Å². The minimum atomic E-state index is -0.626. The summed E-state index contributed by atoms with van der Waals surface area (Å²) in [7, 11) is 3.15. The molecule has 1 aliphatic carbocycles. The second-order valence-electron chi connectivity index (χ2n) is 5.12. The average molecular weight is 265 g/mol. The van der Waals surface area contributed by atoms with E-state index in [1.165, 1.54) is 7.11 Å². The Labute approximate surface area is 112 Å². The number of carbonyl (C=O) groups excluding carboxylic acids is 1. The molecule has 0 amide bonds. The molecule has 0 radical (unpaired) electrons. The predicted octanol–water partition coefficient (Wildman–Crippen LogP) is 0.923. The summed E-state index contributed by atoms with van der Waals surface area (Å²) in [5, 5.41) is 10.2. The monoisotopic (exact) mass is 265 g/mol. The smallest absolute Gasteiger partial charge is 0.376 e. The zero-order valence-corrected chi connectivity index (χ0v) is 11.5. The van der Waals surface area contributed by atoms with E-state index in [0.717, 1.165) is 19.3 Å². The average Bonchev–Trinajstić information content (AvgIpc) is 2.35. The van der Waals surface area contributed by atoms with Crippen LogP contribution in [0.3, 0.4) is 0 Å². The maximum atomic E-state index is 11.5. The van der Waals surface area contributed by atoms with Gasteiger partial charge in [-0.15, -0.1) is 0 Å². The van der Waals surface area contributed by atoms with Gasteiger partial charge in [0.05, 0.1) is 12.7 Å². The normalized spacial score (nSPS) is 16.6. The van der Waals surface area contributed by atoms with Crippen LogP contribution < -0.4 is 4.90 Å². The number of methoxy groups -OCH3 is 1. The molecule has 0 saturated heterocycles. The number of rotatable bonds is 4. The molecule has 0 unspecified atom stereocenters. The third-order valence-electron chi connectivity index (χ3n) is 3.42. The third kappa shape index (κ3) is 3.01. The van der Waals surface area contributed by atoms with Crippen LogP contribution in [0.15, 0.2) is 6.07 Å². The molecule has 1 saturated carbocycles. The number of aliphatic hydroxyl groups is 1. The molecule has 1 aliphatic rings. The van der Waals surface area contributed by atoms with Crippen molar-refractivity contribution in [1.29, 1.82) is 0 Å². The fourth-order valence-electron chi connectivity index (χ4n) is 2.20. The van der Waals surface area contributed by atoms with Crippen LogP contribution in [0.4, 0.5) is 5.82 Å². The maximum absolute atomic E-state index is 11.5. The molecule has 1 heterocycles. The fourth-order valence-corrected chi connectivity index (χ4v) is 2.20. The molecule has 0 aromatic carbocycles. The van der Waals surface area contributed by atoms with Crippen molar-refractivity contribution in [2.24, 2.45) is 0 Å². The zero-order chi connectivity index (χ0) is 14.0. The number of nitrogens with zero attached hydrogens (tertiary/aromatic N) is 3. The van der Waals surface area contributed by atoms with E-state index in [4.69, 9.17) is 0 Å². The van der Waals surface area contributed by atoms with Crippen LogP contribution in [0.5, 0.6) is 0 Å². The van der Waals surface area contributed by atoms with Gasteiger partial charge in [-0.25, -0.2) is 14.8 Å². The fraction of sp³-hybridized carbons (Fsp3) is 0.615. The van der Waals surface area contributed by atoms with Gasteiger partial charge < -0.3 is 14.7 Å². The summed E-state index contributed by atoms with van der Waals surface area (Å²) >= 11 is 0. The van der Waals surface area contributed by atoms with Gasteiger partial charge >= 0.3 is 5.97 Å². The van der Waals surface area contributed by atoms with E-state index in [9.17, 15) is 9.90 Å². The van der Waals surface area contributed by atoms with Crippen molar-refractivity contribution >= 4 is 11.8 Å². The maximum Gasteiger partial charge on any atom is 0.376 e. The third-order valence-corrected chi connectivity index (χ3v) is 3.42. The highest BCUT2D eigenvalue weighted by Crippen LogP contribution is 2.32. The molecule has 2 rings (SSSR count). The lowest BCUT2D eigenvalue weighted by molar-refractivity contribution is -0.0248. The first-order valence-electron chi connectivity index (χ1n) is 6.31. The Balaban J connectivity index is 2.18. The molecular weight excluding hydrogens is 246 g/mol. The molecule has 0 spiro atoms. The van der Waals surface area contributed by atoms with Crippen LogP contribution in [0.2, 0.25) is 0 Å². The summed E-state index contributed by atoms with van der Waals surface area (Å²) in [5.74, 6) is 0.110. The first-order valence-corrected chi connectivity index (χ1v) is 6.31. The van der Waals surface area contributed by atoms with Crippen molar-refractivity contribution in [2.45, 2.75) is 31.8 Å². The van der Waals surface area contributed by atoms with Crippen molar-refractivity contribution in [3.8, 4) is 0 Å². The van der Waals surface area contributed by atoms with Gasteiger partial charge in [-0.3, -0.25) is 0 Å². The molecule has 1 aromatic rings. The molecule has 104 valence electrons. The first kappa shape index (κ1) is 13.7. The molecule has 6 heteroatoms. The summed E-state index contributed by atoms with van der Waals surface area (Å²) in [6.07, 6.45) is 2.68. The highest BCUT2D eigenvalue weighted by atomic mass is 16.5. The van der Waals surface area contributed by atoms with Gasteiger partial charge in [0.1, 0.15) is 5.82 Å². The number of carbonyl (C=O) groups is 1. The number of aryl methyl sites for hydroxylation is 1. The van der Waals surface area contributed by atoms with E-state index in [-0.39, 0.29) is 5.82 Å². The molecular formula is C13H19N3O3. The highest BCUT2D eigenvalue weighted by molar-refractivity contribution is 5.85. The molecule has 19 heavy (non-hydrogen) atoms. The van der Waals surface area contributed by atoms with Crippen LogP contribution in [-0.4, -0.2) is 47.3 Å². The number of hydrogen-bond acceptors (Lipinski definition) is 6. The SMILES string of the molecule is COC(=O)c1nc(C)cc(N(C)CC2(O)CCC2)n1. The van der Waals surface area contributed by atoms with Gasteiger partial charge in [0, 0.05) is 25.4 Å². The van der Waals surface area contributed by atoms with E-state index in [1.807, 2.05) is 11.9 Å². The molecule has 0 aliphatic heterocycles. The molecule has 1 fully saturated rings. The molecule has 0 atom stereocenters. The second-order valence-corrected chi connectivity index (χ2v) is 5.12. The van der Waals surface area contributed by atoms with E-state index in [1.54, 1.807) is 13.0 Å². The molecule has 0 bridgehead atoms. The van der Waals surface area contributed by atoms with Crippen molar-refractivity contribution in [3.05, 3.63) is 17.6 Å². The van der Waals surface area contributed by atoms with Crippen molar-refractivity contribution in [2.75, 3.05) is 25.6 Å². The lowest BCUT2D eigenvalue weighted by Crippen LogP contribution is -2.47. The summed E-state index contributed by atoms with van der Waals surface area (Å²) in [5.41, 5.74) is 0.0665. The number of anilines is 1. The van der Waals surface area contributed by atoms with Crippen LogP contribution in [0.25, 0.3) is 0 Å². The number of hydrogen-bond donors (Lipinski definition) is 1. The van der Waals surface area contributed by atoms with Crippen LogP contribution >= 0.6 is 0 Å². The minimum Gasteiger partial charge on any atom is -0.463 e. The Hall–Kier alpha value is -1.69. The lowest BCUT2D eigenvalue weighted by Gasteiger charge is -2.39. The number of likely N-dealkylation sites (N-methyl/N-ethyl adjacent to an activating group) is 1. The first-order chi connectivity index (χ1) is 8.93. The predicted molar refractivity (Wildman–Crippen MR) is 70.2 cm³/mol. The summed E-state index contributed by atoms with van der Waals surface area (Å²) in [6, 6.07) is 1.79. The Bertz CT molecular complexity index is 486. The van der Waals surface area contributed by atoms with Gasteiger partial charge in [-0.2, -0.15) is 0 Å². The summed E-state index contributed by atoms with van der Waals surface area (Å²) < 4.78 is 4.63. The molecule has 6 nitrogen and oxygen atoms in total. The van der Waals surface area contributed by atoms with Crippen LogP contribution in [0, 0.1) is 6.92 Å². The van der Waals surface area contributed by atoms with Gasteiger partial charge in [-0.05, 0) is 26.2 Å². The quantitative estimate of drug-likeness (QED) is 0.816. The minimum absolute atomic E-state index is 0.0462. The van der Waals surface area contributed by atoms with Crippen molar-refractivity contribution in [3.63, 3.8) is 0 Å². The number of ether oxygens (including phenoxy) is 1. The van der Waals surface area contributed by atoms with Gasteiger partial charge in [-0.1, -0.05) is 0 Å². The lowest BCUT2D eigenvalue weighted by atomic mass is 9.80. The van der Waals surface area contributed by atoms with Crippen LogP contribution in [-0.2, 0) is 4.74 Å². The standard InChI is InChI=1S/C13H19N3O3/c1-9-7-10(15-11(14-9)12(17)19-3)16(2)8-13(18)5-4-6-13/h7,18H,4-6,8H2,1-3H3. The van der Waals surface area contributed by atoms with E-state index >= 15 is 0 Å². The Morgan fingerprint density at radius 3 is 2.74 bits per heavy atom. The Kier molecular flexibility index (Phi) is 3.71. The van der Waals surface area contributed by atoms with Gasteiger partial charge in [0.25, 0.3) is 0 Å². The summed E-state index contributed by atoms with van der Waals surface area (Å²) in [4.78, 5) is 21.5. The second kappa shape index (κ2) is 5.13. The Morgan fingerprint density at radius 2 is 2.21 bits per heavy atom. The van der Waals surface area contributed by atoms with Crippen molar-refractivity contribution in [1.82, 2.24) is 9.97 Å². The molecule has 1 aromatic heterocycles. The van der Waals surface area contributed by atoms with Crippen LogP contribution in [0.1, 0.15) is 35.6 Å². The topological polar surface area (TPSA) is 75.5 Å². The number of esters is 1. The van der Waals surface area contributed by atoms with Gasteiger partial charge in [0.2, 0.25) is 5.82 Å². The van der Waals surface area contributed by atoms with Gasteiger partial charge in [0.15, 0.2) is 0 Å². The summed E-state index contributed by atoms with van der Waals surface area (Å²) in [6.45, 7) is 2.30. The largest absolute Gasteiger partial charge is 0.463 e. The zero-order valence-electron chi connectivity index (χ0n) is 11.5. The van der Waals surface area contributed by atoms with Crippen molar-refractivity contribution < 1.29 is 14.6 Å². The van der Waals surface area contributed by atoms with E-state index in [0.29, 0.717) is 18.1 Å². The highest BCUT2D eigenvalue weighted by Gasteiger charge is 2.35. The molecule has 1 N–H and O–H groups in total. The Morgan fingerprint density at radius 1 is 1.53 bits per heavy atom. The number of aromatic nitrogens is 2.